The Kier molecular flexibility index (Phi) is 3.65. The third-order valence-corrected chi connectivity index (χ3v) is 3.81. The molecule has 1 aliphatic carbocycles. The molecular formula is C16H19FO2. The number of hydrogen-bond acceptors (Lipinski definition) is 2. The van der Waals surface area contributed by atoms with Crippen molar-refractivity contribution in [1.29, 1.82) is 0 Å². The Morgan fingerprint density at radius 3 is 2.42 bits per heavy atom. The lowest BCUT2D eigenvalue weighted by molar-refractivity contribution is 0.401. The number of hydrogen-bond donors (Lipinski definition) is 2. The normalized spacial score (nSPS) is 23.0. The molecule has 0 saturated carbocycles. The van der Waals surface area contributed by atoms with Gasteiger partial charge in [-0.1, -0.05) is 23.8 Å². The molecule has 0 spiro atoms. The van der Waals surface area contributed by atoms with E-state index in [0.29, 0.717) is 5.56 Å². The smallest absolute Gasteiger partial charge is 0.130 e. The lowest BCUT2D eigenvalue weighted by Crippen LogP contribution is -2.17. The zero-order valence-electron chi connectivity index (χ0n) is 11.3. The summed E-state index contributed by atoms with van der Waals surface area (Å²) in [5, 5.41) is 19.9. The molecule has 0 amide bonds. The molecule has 2 rings (SSSR count). The fraction of sp³-hybridized carbons (Fsp3) is 0.375. The predicted molar refractivity (Wildman–Crippen MR) is 73.8 cm³/mol. The zero-order valence-corrected chi connectivity index (χ0v) is 11.3. The summed E-state index contributed by atoms with van der Waals surface area (Å²) in [5.74, 6) is -1.01. The van der Waals surface area contributed by atoms with E-state index in [0.717, 1.165) is 30.5 Å². The molecule has 1 aliphatic rings. The van der Waals surface area contributed by atoms with Gasteiger partial charge in [0, 0.05) is 23.6 Å². The molecule has 2 atom stereocenters. The molecule has 2 N–H and O–H groups in total. The van der Waals surface area contributed by atoms with Crippen molar-refractivity contribution in [1.82, 2.24) is 0 Å². The van der Waals surface area contributed by atoms with Crippen LogP contribution in [0.5, 0.6) is 11.5 Å². The average molecular weight is 262 g/mol. The Bertz CT molecular complexity index is 523. The van der Waals surface area contributed by atoms with Gasteiger partial charge in [-0.3, -0.25) is 0 Å². The number of phenolic OH excluding ortho intramolecular Hbond substituents is 2. The molecule has 2 nitrogen and oxygen atoms in total. The van der Waals surface area contributed by atoms with E-state index in [2.05, 4.69) is 6.58 Å². The summed E-state index contributed by atoms with van der Waals surface area (Å²) in [6.45, 7) is 7.97. The van der Waals surface area contributed by atoms with Crippen molar-refractivity contribution >= 4 is 0 Å². The standard InChI is InChI=1S/C16H19FO2/c1-9(2)12-5-4-10(3)6-13(12)16-14(18)7-11(17)8-15(16)19/h6-8,12-13,18-19H,1,4-5H2,2-3H3/t12-,13+/m0/s1. The predicted octanol–water partition coefficient (Wildman–Crippen LogP) is 4.25. The maximum absolute atomic E-state index is 13.2. The van der Waals surface area contributed by atoms with E-state index in [-0.39, 0.29) is 23.3 Å². The number of phenols is 2. The van der Waals surface area contributed by atoms with Gasteiger partial charge in [0.2, 0.25) is 0 Å². The second-order valence-corrected chi connectivity index (χ2v) is 5.39. The maximum atomic E-state index is 13.2. The molecular weight excluding hydrogens is 243 g/mol. The highest BCUT2D eigenvalue weighted by Gasteiger charge is 2.30. The topological polar surface area (TPSA) is 40.5 Å². The Balaban J connectivity index is 2.54. The van der Waals surface area contributed by atoms with Crippen LogP contribution in [0.4, 0.5) is 4.39 Å². The summed E-state index contributed by atoms with van der Waals surface area (Å²) in [4.78, 5) is 0. The molecule has 0 fully saturated rings. The van der Waals surface area contributed by atoms with Crippen LogP contribution in [0, 0.1) is 11.7 Å². The van der Waals surface area contributed by atoms with Crippen molar-refractivity contribution in [2.24, 2.45) is 5.92 Å². The quantitative estimate of drug-likeness (QED) is 0.782. The number of aromatic hydroxyl groups is 2. The first-order valence-electron chi connectivity index (χ1n) is 6.44. The van der Waals surface area contributed by atoms with Gasteiger partial charge in [0.05, 0.1) is 0 Å². The molecule has 0 heterocycles. The van der Waals surface area contributed by atoms with E-state index < -0.39 is 5.82 Å². The van der Waals surface area contributed by atoms with Gasteiger partial charge in [0.1, 0.15) is 17.3 Å². The first-order chi connectivity index (χ1) is 8.90. The molecule has 0 radical (unpaired) electrons. The number of benzene rings is 1. The molecule has 1 aromatic carbocycles. The maximum Gasteiger partial charge on any atom is 0.130 e. The van der Waals surface area contributed by atoms with Crippen molar-refractivity contribution in [3.8, 4) is 11.5 Å². The number of halogens is 1. The molecule has 0 aromatic heterocycles. The average Bonchev–Trinajstić information content (AvgIpc) is 2.27. The second-order valence-electron chi connectivity index (χ2n) is 5.39. The Morgan fingerprint density at radius 1 is 1.32 bits per heavy atom. The van der Waals surface area contributed by atoms with Crippen LogP contribution in [0.1, 0.15) is 38.2 Å². The molecule has 0 saturated heterocycles. The minimum atomic E-state index is -0.637. The van der Waals surface area contributed by atoms with Gasteiger partial charge >= 0.3 is 0 Å². The first kappa shape index (κ1) is 13.7. The van der Waals surface area contributed by atoms with Crippen LogP contribution in [0.15, 0.2) is 35.9 Å². The lowest BCUT2D eigenvalue weighted by atomic mass is 9.74. The number of allylic oxidation sites excluding steroid dienone is 3. The van der Waals surface area contributed by atoms with Crippen LogP contribution in [0.2, 0.25) is 0 Å². The van der Waals surface area contributed by atoms with Crippen molar-refractivity contribution in [3.05, 3.63) is 47.3 Å². The van der Waals surface area contributed by atoms with Gasteiger partial charge in [-0.15, -0.1) is 0 Å². The van der Waals surface area contributed by atoms with Crippen LogP contribution < -0.4 is 0 Å². The Labute approximate surface area is 112 Å². The molecule has 0 aliphatic heterocycles. The van der Waals surface area contributed by atoms with E-state index in [9.17, 15) is 14.6 Å². The van der Waals surface area contributed by atoms with Crippen LogP contribution in [-0.4, -0.2) is 10.2 Å². The molecule has 1 aromatic rings. The van der Waals surface area contributed by atoms with Crippen molar-refractivity contribution in [3.63, 3.8) is 0 Å². The third-order valence-electron chi connectivity index (χ3n) is 3.81. The highest BCUT2D eigenvalue weighted by molar-refractivity contribution is 5.49. The van der Waals surface area contributed by atoms with E-state index in [1.54, 1.807) is 0 Å². The first-order valence-corrected chi connectivity index (χ1v) is 6.44. The third kappa shape index (κ3) is 2.65. The van der Waals surface area contributed by atoms with Crippen LogP contribution >= 0.6 is 0 Å². The minimum absolute atomic E-state index is 0.146. The molecule has 102 valence electrons. The fourth-order valence-electron chi connectivity index (χ4n) is 2.84. The fourth-order valence-corrected chi connectivity index (χ4v) is 2.84. The zero-order chi connectivity index (χ0) is 14.2. The van der Waals surface area contributed by atoms with E-state index in [1.165, 1.54) is 5.57 Å². The van der Waals surface area contributed by atoms with E-state index in [1.807, 2.05) is 19.9 Å². The SMILES string of the molecule is C=C(C)[C@@H]1CCC(C)=C[C@H]1c1c(O)cc(F)cc1O. The van der Waals surface area contributed by atoms with Gasteiger partial charge in [0.15, 0.2) is 0 Å². The van der Waals surface area contributed by atoms with Crippen LogP contribution in [0.25, 0.3) is 0 Å². The van der Waals surface area contributed by atoms with Crippen molar-refractivity contribution in [2.45, 2.75) is 32.6 Å². The minimum Gasteiger partial charge on any atom is -0.507 e. The van der Waals surface area contributed by atoms with Gasteiger partial charge < -0.3 is 10.2 Å². The van der Waals surface area contributed by atoms with Gasteiger partial charge in [-0.05, 0) is 32.6 Å². The lowest BCUT2D eigenvalue weighted by Gasteiger charge is -2.31. The molecule has 0 unspecified atom stereocenters. The molecule has 0 bridgehead atoms. The summed E-state index contributed by atoms with van der Waals surface area (Å²) < 4.78 is 13.2. The van der Waals surface area contributed by atoms with Gasteiger partial charge in [0.25, 0.3) is 0 Å². The van der Waals surface area contributed by atoms with Crippen molar-refractivity contribution in [2.75, 3.05) is 0 Å². The van der Waals surface area contributed by atoms with Crippen LogP contribution in [-0.2, 0) is 0 Å². The summed E-state index contributed by atoms with van der Waals surface area (Å²) in [5.41, 5.74) is 2.62. The largest absolute Gasteiger partial charge is 0.507 e. The van der Waals surface area contributed by atoms with E-state index >= 15 is 0 Å². The Morgan fingerprint density at radius 2 is 1.89 bits per heavy atom. The summed E-state index contributed by atoms with van der Waals surface area (Å²) in [6.07, 6.45) is 3.95. The van der Waals surface area contributed by atoms with Crippen molar-refractivity contribution < 1.29 is 14.6 Å². The molecule has 19 heavy (non-hydrogen) atoms. The summed E-state index contributed by atoms with van der Waals surface area (Å²) in [7, 11) is 0. The van der Waals surface area contributed by atoms with Gasteiger partial charge in [-0.25, -0.2) is 4.39 Å². The Hall–Kier alpha value is -1.77. The monoisotopic (exact) mass is 262 g/mol. The van der Waals surface area contributed by atoms with Crippen LogP contribution in [0.3, 0.4) is 0 Å². The second kappa shape index (κ2) is 5.08. The summed E-state index contributed by atoms with van der Waals surface area (Å²) in [6, 6.07) is 2.09. The highest BCUT2D eigenvalue weighted by Crippen LogP contribution is 2.46. The number of rotatable bonds is 2. The highest BCUT2D eigenvalue weighted by atomic mass is 19.1. The van der Waals surface area contributed by atoms with E-state index in [4.69, 9.17) is 0 Å². The van der Waals surface area contributed by atoms with Gasteiger partial charge in [-0.2, -0.15) is 0 Å². The summed E-state index contributed by atoms with van der Waals surface area (Å²) >= 11 is 0. The molecule has 3 heteroatoms.